The van der Waals surface area contributed by atoms with Gasteiger partial charge in [-0.15, -0.1) is 0 Å². The predicted molar refractivity (Wildman–Crippen MR) is 96.3 cm³/mol. The number of nitrogens with zero attached hydrogens (tertiary/aromatic N) is 3. The summed E-state index contributed by atoms with van der Waals surface area (Å²) in [4.78, 5) is 26.0. The van der Waals surface area contributed by atoms with Crippen LogP contribution in [0, 0.1) is 5.92 Å². The van der Waals surface area contributed by atoms with Gasteiger partial charge in [-0.1, -0.05) is 6.07 Å². The van der Waals surface area contributed by atoms with Gasteiger partial charge in [0.05, 0.1) is 17.8 Å². The number of rotatable bonds is 4. The van der Waals surface area contributed by atoms with Crippen LogP contribution in [0.15, 0.2) is 24.4 Å². The van der Waals surface area contributed by atoms with E-state index in [-0.39, 0.29) is 29.9 Å². The molecule has 1 unspecified atom stereocenters. The number of aryl methyl sites for hydroxylation is 1. The van der Waals surface area contributed by atoms with Crippen LogP contribution in [-0.4, -0.2) is 32.1 Å². The topological polar surface area (TPSA) is 114 Å². The molecule has 0 aromatic carbocycles. The van der Waals surface area contributed by atoms with Gasteiger partial charge >= 0.3 is 0 Å². The fourth-order valence-corrected chi connectivity index (χ4v) is 3.91. The van der Waals surface area contributed by atoms with E-state index in [4.69, 9.17) is 5.73 Å². The number of hydrogen-bond donors (Lipinski definition) is 3. The maximum absolute atomic E-state index is 13.0. The van der Waals surface area contributed by atoms with Crippen LogP contribution in [0.3, 0.4) is 0 Å². The molecule has 4 N–H and O–H groups in total. The monoisotopic (exact) mass is 353 g/mol. The van der Waals surface area contributed by atoms with Gasteiger partial charge in [-0.2, -0.15) is 0 Å². The van der Waals surface area contributed by atoms with E-state index in [1.54, 1.807) is 6.20 Å². The molecule has 1 amide bonds. The Morgan fingerprint density at radius 1 is 1.23 bits per heavy atom. The first-order valence-corrected chi connectivity index (χ1v) is 9.17. The zero-order valence-electron chi connectivity index (χ0n) is 14.6. The Hall–Kier alpha value is -2.54. The average Bonchev–Trinajstić information content (AvgIpc) is 2.63. The molecule has 2 heterocycles. The van der Waals surface area contributed by atoms with E-state index < -0.39 is 0 Å². The number of aliphatic hydroxyl groups is 1. The van der Waals surface area contributed by atoms with E-state index in [1.165, 1.54) is 0 Å². The molecule has 0 radical (unpaired) electrons. The minimum Gasteiger partial charge on any atom is -0.393 e. The van der Waals surface area contributed by atoms with E-state index in [2.05, 4.69) is 20.3 Å². The van der Waals surface area contributed by atoms with E-state index in [1.807, 2.05) is 18.2 Å². The van der Waals surface area contributed by atoms with Crippen LogP contribution in [0.5, 0.6) is 0 Å². The number of carbonyl (C=O) groups excluding carboxylic acids is 1. The minimum absolute atomic E-state index is 0.143. The molecule has 4 rings (SSSR count). The molecule has 7 heteroatoms. The van der Waals surface area contributed by atoms with E-state index in [0.29, 0.717) is 18.5 Å². The third-order valence-corrected chi connectivity index (χ3v) is 5.33. The third-order valence-electron chi connectivity index (χ3n) is 5.33. The molecule has 1 atom stereocenters. The molecular weight excluding hydrogens is 330 g/mol. The molecule has 0 aliphatic heterocycles. The second-order valence-corrected chi connectivity index (χ2v) is 7.15. The van der Waals surface area contributed by atoms with Crippen LogP contribution < -0.4 is 11.1 Å². The summed E-state index contributed by atoms with van der Waals surface area (Å²) in [7, 11) is 0. The molecule has 2 aliphatic carbocycles. The number of nitrogens with one attached hydrogen (secondary N) is 1. The molecule has 0 saturated heterocycles. The maximum atomic E-state index is 13.0. The lowest BCUT2D eigenvalue weighted by Gasteiger charge is -2.37. The first-order valence-electron chi connectivity index (χ1n) is 9.17. The molecule has 7 nitrogen and oxygen atoms in total. The van der Waals surface area contributed by atoms with Gasteiger partial charge in [0.25, 0.3) is 5.91 Å². The summed E-state index contributed by atoms with van der Waals surface area (Å²) in [5.41, 5.74) is 8.82. The van der Waals surface area contributed by atoms with Crippen LogP contribution in [0.25, 0.3) is 0 Å². The number of nitrogens with two attached hydrogens (primary N) is 1. The molecule has 1 saturated carbocycles. The molecule has 26 heavy (non-hydrogen) atoms. The van der Waals surface area contributed by atoms with Crippen molar-refractivity contribution in [3.63, 3.8) is 0 Å². The van der Waals surface area contributed by atoms with Gasteiger partial charge in [-0.05, 0) is 56.6 Å². The van der Waals surface area contributed by atoms with Gasteiger partial charge in [0, 0.05) is 17.5 Å². The lowest BCUT2D eigenvalue weighted by Crippen LogP contribution is -2.42. The Morgan fingerprint density at radius 3 is 2.77 bits per heavy atom. The van der Waals surface area contributed by atoms with Crippen LogP contribution in [0.1, 0.15) is 59.2 Å². The van der Waals surface area contributed by atoms with Crippen molar-refractivity contribution in [2.45, 2.75) is 50.7 Å². The quantitative estimate of drug-likeness (QED) is 0.769. The predicted octanol–water partition coefficient (Wildman–Crippen LogP) is 1.57. The molecule has 2 aromatic rings. The number of aromatic nitrogens is 3. The number of pyridine rings is 1. The Balaban J connectivity index is 1.62. The number of nitrogen functional groups attached to an aromatic ring is 1. The van der Waals surface area contributed by atoms with Crippen molar-refractivity contribution >= 4 is 11.9 Å². The van der Waals surface area contributed by atoms with Crippen molar-refractivity contribution in [1.29, 1.82) is 0 Å². The highest BCUT2D eigenvalue weighted by Gasteiger charge is 2.37. The van der Waals surface area contributed by atoms with Crippen LogP contribution >= 0.6 is 0 Å². The smallest absolute Gasteiger partial charge is 0.270 e. The summed E-state index contributed by atoms with van der Waals surface area (Å²) in [5, 5.41) is 12.8. The lowest BCUT2D eigenvalue weighted by molar-refractivity contribution is 0.0227. The average molecular weight is 353 g/mol. The standard InChI is InChI=1S/C19H23N5O2/c20-19-22-14-6-2-1-5-13(14)17(24-19)18(26)23-16(11-9-12(25)10-11)15-7-3-4-8-21-15/h3-4,7-8,11-12,16,25H,1-2,5-6,9-10H2,(H,23,26)(H2,20,22,24). The summed E-state index contributed by atoms with van der Waals surface area (Å²) in [6.07, 6.45) is 6.45. The van der Waals surface area contributed by atoms with E-state index in [0.717, 1.165) is 42.6 Å². The zero-order chi connectivity index (χ0) is 18.1. The van der Waals surface area contributed by atoms with Gasteiger partial charge in [0.2, 0.25) is 5.95 Å². The second kappa shape index (κ2) is 6.99. The lowest BCUT2D eigenvalue weighted by atomic mass is 9.76. The van der Waals surface area contributed by atoms with Crippen molar-refractivity contribution in [3.8, 4) is 0 Å². The van der Waals surface area contributed by atoms with Crippen molar-refractivity contribution in [3.05, 3.63) is 47.0 Å². The van der Waals surface area contributed by atoms with Crippen LogP contribution in [0.2, 0.25) is 0 Å². The Labute approximate surface area is 152 Å². The first-order chi connectivity index (χ1) is 12.6. The molecule has 2 aliphatic rings. The number of hydrogen-bond acceptors (Lipinski definition) is 6. The normalized spacial score (nSPS) is 22.8. The van der Waals surface area contributed by atoms with Gasteiger partial charge in [-0.25, -0.2) is 9.97 Å². The van der Waals surface area contributed by atoms with E-state index >= 15 is 0 Å². The zero-order valence-corrected chi connectivity index (χ0v) is 14.6. The largest absolute Gasteiger partial charge is 0.393 e. The van der Waals surface area contributed by atoms with Crippen molar-refractivity contribution < 1.29 is 9.90 Å². The molecule has 1 fully saturated rings. The van der Waals surface area contributed by atoms with Crippen molar-refractivity contribution in [2.24, 2.45) is 5.92 Å². The van der Waals surface area contributed by atoms with Crippen LogP contribution in [-0.2, 0) is 12.8 Å². The Bertz CT molecular complexity index is 805. The highest BCUT2D eigenvalue weighted by Crippen LogP contribution is 2.37. The summed E-state index contributed by atoms with van der Waals surface area (Å²) < 4.78 is 0. The van der Waals surface area contributed by atoms with E-state index in [9.17, 15) is 9.90 Å². The number of aliphatic hydroxyl groups excluding tert-OH is 1. The van der Waals surface area contributed by atoms with Gasteiger partial charge in [0.1, 0.15) is 5.69 Å². The highest BCUT2D eigenvalue weighted by molar-refractivity contribution is 5.94. The minimum atomic E-state index is -0.300. The van der Waals surface area contributed by atoms with Gasteiger partial charge < -0.3 is 16.2 Å². The molecule has 2 aromatic heterocycles. The maximum Gasteiger partial charge on any atom is 0.270 e. The summed E-state index contributed by atoms with van der Waals surface area (Å²) in [6.45, 7) is 0. The fraction of sp³-hybridized carbons (Fsp3) is 0.474. The molecule has 0 spiro atoms. The highest BCUT2D eigenvalue weighted by atomic mass is 16.3. The second-order valence-electron chi connectivity index (χ2n) is 7.15. The van der Waals surface area contributed by atoms with Crippen molar-refractivity contribution in [1.82, 2.24) is 20.3 Å². The summed E-state index contributed by atoms with van der Waals surface area (Å²) in [5.74, 6) is 0.0670. The molecule has 136 valence electrons. The SMILES string of the molecule is Nc1nc2c(c(C(=O)NC(c3ccccn3)C3CC(O)C3)n1)CCCC2. The van der Waals surface area contributed by atoms with Gasteiger partial charge in [-0.3, -0.25) is 9.78 Å². The van der Waals surface area contributed by atoms with Gasteiger partial charge in [0.15, 0.2) is 0 Å². The number of fused-ring (bicyclic) bond motifs is 1. The number of carbonyl (C=O) groups is 1. The Morgan fingerprint density at radius 2 is 2.04 bits per heavy atom. The number of amides is 1. The third kappa shape index (κ3) is 3.26. The fourth-order valence-electron chi connectivity index (χ4n) is 3.91. The number of anilines is 1. The van der Waals surface area contributed by atoms with Crippen LogP contribution in [0.4, 0.5) is 5.95 Å². The first kappa shape index (κ1) is 16.9. The van der Waals surface area contributed by atoms with Crippen molar-refractivity contribution in [2.75, 3.05) is 5.73 Å². The Kier molecular flexibility index (Phi) is 4.55. The molecular formula is C19H23N5O2. The summed E-state index contributed by atoms with van der Waals surface area (Å²) >= 11 is 0. The summed E-state index contributed by atoms with van der Waals surface area (Å²) in [6, 6.07) is 5.41. The molecule has 0 bridgehead atoms.